The fourth-order valence-corrected chi connectivity index (χ4v) is 1.08. The van der Waals surface area contributed by atoms with E-state index in [1.54, 1.807) is 0 Å². The Labute approximate surface area is 67.0 Å². The van der Waals surface area contributed by atoms with E-state index in [1.807, 2.05) is 0 Å². The molecule has 0 aliphatic rings. The van der Waals surface area contributed by atoms with Crippen molar-refractivity contribution >= 4 is 16.2 Å². The normalized spacial score (nSPS) is 12.1. The van der Waals surface area contributed by atoms with Gasteiger partial charge >= 0.3 is 66.2 Å². The number of hydrogen-bond donors (Lipinski definition) is 1. The third-order valence-electron chi connectivity index (χ3n) is 0.973. The Kier molecular flexibility index (Phi) is 8.38. The van der Waals surface area contributed by atoms with Crippen LogP contribution < -0.4 is 0 Å². The van der Waals surface area contributed by atoms with Crippen LogP contribution >= 0.6 is 16.2 Å². The zero-order valence-corrected chi connectivity index (χ0v) is 7.84. The first-order valence-electron chi connectivity index (χ1n) is 3.18. The van der Waals surface area contributed by atoms with E-state index in [-0.39, 0.29) is 14.5 Å². The summed E-state index contributed by atoms with van der Waals surface area (Å²) in [4.78, 5) is 8.21. The van der Waals surface area contributed by atoms with Crippen molar-refractivity contribution in [2.75, 3.05) is 6.61 Å². The van der Waals surface area contributed by atoms with Crippen molar-refractivity contribution in [1.82, 2.24) is 0 Å². The number of hydrogen-bond acceptors (Lipinski definition) is 3. The van der Waals surface area contributed by atoms with Gasteiger partial charge in [0.2, 0.25) is 0 Å². The number of unbranched alkanes of at least 4 members (excludes halogenated alkanes) is 2. The molecule has 0 fully saturated rings. The van der Waals surface area contributed by atoms with E-state index in [0.29, 0.717) is 12.8 Å². The molecule has 0 aliphatic carbocycles. The van der Waals surface area contributed by atoms with E-state index in [1.165, 1.54) is 0 Å². The third-order valence-corrected chi connectivity index (χ3v) is 1.78. The molecule has 64 valence electrons. The van der Waals surface area contributed by atoms with E-state index in [0.717, 1.165) is 6.42 Å². The maximum atomic E-state index is 9.98. The van der Waals surface area contributed by atoms with Crippen LogP contribution in [0.5, 0.6) is 0 Å². The third kappa shape index (κ3) is 10.2. The second kappa shape index (κ2) is 8.26. The van der Waals surface area contributed by atoms with Crippen molar-refractivity contribution in [3.05, 3.63) is 0 Å². The summed E-state index contributed by atoms with van der Waals surface area (Å²) in [5.41, 5.74) is 2.57. The molecule has 1 atom stereocenters. The zero-order chi connectivity index (χ0) is 8.53. The molecule has 1 N–H and O–H groups in total. The minimum atomic E-state index is -2.76. The predicted molar refractivity (Wildman–Crippen MR) is 42.5 cm³/mol. The molecular formula is C5H10O4P2. The van der Waals surface area contributed by atoms with Gasteiger partial charge in [0.15, 0.2) is 0 Å². The minimum absolute atomic E-state index is 0.0801. The fourth-order valence-electron chi connectivity index (χ4n) is 0.511. The van der Waals surface area contributed by atoms with Gasteiger partial charge in [-0.2, -0.15) is 0 Å². The Morgan fingerprint density at radius 2 is 2.27 bits per heavy atom. The van der Waals surface area contributed by atoms with E-state index < -0.39 is 8.25 Å². The fraction of sp³-hybridized carbons (Fsp3) is 0.800. The molecular weight excluding hydrogens is 186 g/mol. The molecule has 0 saturated carbocycles. The number of rotatable bonds is 5. The van der Waals surface area contributed by atoms with Gasteiger partial charge < -0.3 is 0 Å². The summed E-state index contributed by atoms with van der Waals surface area (Å²) in [6.45, 7) is 0.283. The van der Waals surface area contributed by atoms with Crippen molar-refractivity contribution in [3.63, 3.8) is 0 Å². The van der Waals surface area contributed by atoms with Crippen LogP contribution in [0.2, 0.25) is 0 Å². The summed E-state index contributed by atoms with van der Waals surface area (Å²) < 4.78 is 24.2. The summed E-state index contributed by atoms with van der Waals surface area (Å²) in [5.74, 6) is 0. The summed E-state index contributed by atoms with van der Waals surface area (Å²) in [7, 11) is -2.84. The van der Waals surface area contributed by atoms with Gasteiger partial charge in [0, 0.05) is 0 Å². The molecule has 0 saturated heterocycles. The van der Waals surface area contributed by atoms with Crippen LogP contribution in [0.1, 0.15) is 19.3 Å². The first-order chi connectivity index (χ1) is 5.27. The molecule has 0 rings (SSSR count). The molecule has 4 nitrogen and oxygen atoms in total. The molecule has 0 bridgehead atoms. The zero-order valence-electron chi connectivity index (χ0n) is 5.95. The van der Waals surface area contributed by atoms with E-state index in [4.69, 9.17) is 4.89 Å². The van der Waals surface area contributed by atoms with Gasteiger partial charge in [-0.15, -0.1) is 0 Å². The first kappa shape index (κ1) is 11.2. The second-order valence-corrected chi connectivity index (χ2v) is 3.14. The standard InChI is InChI=1S/C5H10O4P2/c6-10-5-3-1-2-4-9-11(7)8/h11H,1-4H2,(H,7,8). The SMILES string of the molecule is O=P#CCCCCO[PH](=O)O. The van der Waals surface area contributed by atoms with Gasteiger partial charge in [-0.25, -0.2) is 0 Å². The van der Waals surface area contributed by atoms with E-state index in [2.05, 4.69) is 10.2 Å². The van der Waals surface area contributed by atoms with Crippen LogP contribution in [0.25, 0.3) is 0 Å². The van der Waals surface area contributed by atoms with E-state index >= 15 is 0 Å². The predicted octanol–water partition coefficient (Wildman–Crippen LogP) is 1.81. The Morgan fingerprint density at radius 1 is 1.55 bits per heavy atom. The van der Waals surface area contributed by atoms with Gasteiger partial charge in [0.1, 0.15) is 0 Å². The van der Waals surface area contributed by atoms with Crippen LogP contribution in [0.15, 0.2) is 0 Å². The molecule has 0 heterocycles. The molecule has 0 aliphatic heterocycles. The Hall–Kier alpha value is 0.160. The van der Waals surface area contributed by atoms with Crippen molar-refractivity contribution < 1.29 is 18.5 Å². The average Bonchev–Trinajstić information content (AvgIpc) is 1.96. The molecule has 0 aromatic heterocycles. The summed E-state index contributed by atoms with van der Waals surface area (Å²) in [5, 5.41) is 0. The quantitative estimate of drug-likeness (QED) is 0.537. The first-order valence-corrected chi connectivity index (χ1v) is 5.26. The van der Waals surface area contributed by atoms with E-state index in [9.17, 15) is 9.13 Å². The Balaban J connectivity index is 3.06. The summed E-state index contributed by atoms with van der Waals surface area (Å²) >= 11 is 0. The van der Waals surface area contributed by atoms with Gasteiger partial charge in [-0.3, -0.25) is 0 Å². The maximum absolute atomic E-state index is 9.98. The van der Waals surface area contributed by atoms with Gasteiger partial charge in [-0.1, -0.05) is 0 Å². The Morgan fingerprint density at radius 3 is 2.82 bits per heavy atom. The second-order valence-electron chi connectivity index (χ2n) is 1.82. The van der Waals surface area contributed by atoms with Crippen molar-refractivity contribution in [3.8, 4) is 5.63 Å². The summed E-state index contributed by atoms with van der Waals surface area (Å²) in [6, 6.07) is 0. The van der Waals surface area contributed by atoms with Crippen LogP contribution in [0.3, 0.4) is 0 Å². The van der Waals surface area contributed by atoms with Crippen LogP contribution in [0, 0.1) is 5.63 Å². The molecule has 0 spiro atoms. The van der Waals surface area contributed by atoms with Crippen LogP contribution in [-0.2, 0) is 13.7 Å². The van der Waals surface area contributed by atoms with Crippen LogP contribution in [-0.4, -0.2) is 11.5 Å². The molecule has 11 heavy (non-hydrogen) atoms. The van der Waals surface area contributed by atoms with Crippen molar-refractivity contribution in [2.24, 2.45) is 0 Å². The monoisotopic (exact) mass is 196 g/mol. The van der Waals surface area contributed by atoms with Gasteiger partial charge in [0.05, 0.1) is 0 Å². The molecule has 0 aromatic carbocycles. The molecule has 0 radical (unpaired) electrons. The van der Waals surface area contributed by atoms with Crippen molar-refractivity contribution in [1.29, 1.82) is 0 Å². The molecule has 0 amide bonds. The van der Waals surface area contributed by atoms with Gasteiger partial charge in [-0.05, 0) is 0 Å². The average molecular weight is 196 g/mol. The Bertz CT molecular complexity index is 208. The van der Waals surface area contributed by atoms with Gasteiger partial charge in [0.25, 0.3) is 0 Å². The summed E-state index contributed by atoms with van der Waals surface area (Å²) in [6.07, 6.45) is 2.10. The topological polar surface area (TPSA) is 63.6 Å². The van der Waals surface area contributed by atoms with Crippen molar-refractivity contribution in [2.45, 2.75) is 19.3 Å². The van der Waals surface area contributed by atoms with Crippen LogP contribution in [0.4, 0.5) is 0 Å². The molecule has 1 unspecified atom stereocenters. The molecule has 6 heteroatoms. The molecule has 0 aromatic rings.